The molecule has 12 nitrogen and oxygen atoms in total. The molecule has 1 spiro atoms. The van der Waals surface area contributed by atoms with Gasteiger partial charge in [-0.05, 0) is 87.7 Å². The van der Waals surface area contributed by atoms with E-state index in [1.54, 1.807) is 7.11 Å². The monoisotopic (exact) mass is 844 g/mol. The van der Waals surface area contributed by atoms with Gasteiger partial charge in [0.15, 0.2) is 6.10 Å². The number of rotatable bonds is 7. The fourth-order valence-corrected chi connectivity index (χ4v) is 13.6. The molecule has 2 saturated heterocycles. The number of nitrogens with zero attached hydrogens (tertiary/aromatic N) is 3. The summed E-state index contributed by atoms with van der Waals surface area (Å²) in [6, 6.07) is 8.71. The number of piperidine rings is 1. The predicted molar refractivity (Wildman–Crippen MR) is 224 cm³/mol. The van der Waals surface area contributed by atoms with E-state index in [1.807, 2.05) is 62.2 Å². The summed E-state index contributed by atoms with van der Waals surface area (Å²) in [6.07, 6.45) is 4.54. The number of aromatic nitrogens is 1. The lowest BCUT2D eigenvalue weighted by Crippen LogP contribution is -2.81. The summed E-state index contributed by atoms with van der Waals surface area (Å²) in [5.41, 5.74) is -0.466. The zero-order chi connectivity index (χ0) is 43.6. The van der Waals surface area contributed by atoms with Gasteiger partial charge in [0, 0.05) is 96.9 Å². The van der Waals surface area contributed by atoms with Gasteiger partial charge in [-0.1, -0.05) is 30.7 Å². The number of aryl methyl sites for hydroxylation is 1. The summed E-state index contributed by atoms with van der Waals surface area (Å²) in [7, 11) is 5.97. The van der Waals surface area contributed by atoms with Gasteiger partial charge in [-0.2, -0.15) is 0 Å². The zero-order valence-corrected chi connectivity index (χ0v) is 36.4. The van der Waals surface area contributed by atoms with Crippen molar-refractivity contribution < 1.29 is 47.2 Å². The number of esters is 3. The number of likely N-dealkylation sites (N-methyl/N-ethyl adjacent to an activating group) is 1. The SMILES string of the molecule is CC[C@@]12C=CCN3CCC4(c5cc([C@@]6(C(=O)OC)CC7CC(C(C)(F)F)CN(CCc8c6[nH]c6ccc(C)cc86)C7)c(OC)cc5N(C)C4[C@](O)(C(=O)OC)[C@H]1OC(C)=O)C32. The van der Waals surface area contributed by atoms with Crippen molar-refractivity contribution in [3.8, 4) is 5.75 Å². The number of aliphatic hydroxyl groups is 1. The number of alkyl halides is 2. The van der Waals surface area contributed by atoms with Gasteiger partial charge in [-0.3, -0.25) is 14.5 Å². The Hall–Kier alpha value is -4.53. The number of methoxy groups -OCH3 is 3. The third-order valence-corrected chi connectivity index (χ3v) is 15.8. The molecule has 2 N–H and O–H groups in total. The lowest BCUT2D eigenvalue weighted by molar-refractivity contribution is -0.228. The molecule has 10 atom stereocenters. The van der Waals surface area contributed by atoms with E-state index in [1.165, 1.54) is 21.1 Å². The first kappa shape index (κ1) is 41.8. The number of carbonyl (C=O) groups excluding carboxylic acids is 3. The number of halogens is 2. The number of aromatic amines is 1. The summed E-state index contributed by atoms with van der Waals surface area (Å²) in [5, 5.41) is 14.3. The van der Waals surface area contributed by atoms with Gasteiger partial charge < -0.3 is 38.8 Å². The maximum atomic E-state index is 15.4. The van der Waals surface area contributed by atoms with Crippen LogP contribution in [-0.4, -0.2) is 129 Å². The molecule has 0 amide bonds. The van der Waals surface area contributed by atoms with E-state index < -0.39 is 63.7 Å². The quantitative estimate of drug-likeness (QED) is 0.179. The lowest BCUT2D eigenvalue weighted by Gasteiger charge is -2.63. The predicted octanol–water partition coefficient (Wildman–Crippen LogP) is 5.43. The normalized spacial score (nSPS) is 35.2. The number of ether oxygens (including phenoxy) is 4. The Morgan fingerprint density at radius 3 is 2.44 bits per heavy atom. The molecule has 1 aliphatic carbocycles. The van der Waals surface area contributed by atoms with Crippen molar-refractivity contribution in [2.24, 2.45) is 17.3 Å². The van der Waals surface area contributed by atoms with Gasteiger partial charge in [0.05, 0.1) is 27.4 Å². The Bertz CT molecular complexity index is 2340. The highest BCUT2D eigenvalue weighted by molar-refractivity contribution is 5.95. The molecular formula is C47H58F2N4O8. The van der Waals surface area contributed by atoms with E-state index >= 15 is 13.6 Å². The average molecular weight is 845 g/mol. The Morgan fingerprint density at radius 1 is 1.02 bits per heavy atom. The molecule has 14 heteroatoms. The minimum absolute atomic E-state index is 0.154. The third kappa shape index (κ3) is 5.59. The minimum Gasteiger partial charge on any atom is -0.496 e. The van der Waals surface area contributed by atoms with Crippen LogP contribution in [0.2, 0.25) is 0 Å². The van der Waals surface area contributed by atoms with E-state index in [-0.39, 0.29) is 31.3 Å². The van der Waals surface area contributed by atoms with Crippen molar-refractivity contribution in [1.29, 1.82) is 0 Å². The molecule has 6 unspecified atom stereocenters. The van der Waals surface area contributed by atoms with Crippen LogP contribution in [-0.2, 0) is 45.8 Å². The minimum atomic E-state index is -2.93. The number of hydrogen-bond donors (Lipinski definition) is 2. The largest absolute Gasteiger partial charge is 0.496 e. The van der Waals surface area contributed by atoms with E-state index in [9.17, 15) is 14.7 Å². The van der Waals surface area contributed by atoms with Crippen LogP contribution < -0.4 is 9.64 Å². The molecule has 6 heterocycles. The van der Waals surface area contributed by atoms with Gasteiger partial charge in [0.2, 0.25) is 11.5 Å². The van der Waals surface area contributed by atoms with E-state index in [4.69, 9.17) is 18.9 Å². The van der Waals surface area contributed by atoms with Crippen LogP contribution in [0.5, 0.6) is 5.75 Å². The number of hydrogen-bond acceptors (Lipinski definition) is 11. The highest BCUT2D eigenvalue weighted by Gasteiger charge is 2.80. The van der Waals surface area contributed by atoms with Crippen molar-refractivity contribution >= 4 is 34.5 Å². The Balaban J connectivity index is 1.36. The fraction of sp³-hybridized carbons (Fsp3) is 0.596. The number of carbonyl (C=O) groups is 3. The van der Waals surface area contributed by atoms with Crippen LogP contribution in [0, 0.1) is 24.2 Å². The first-order valence-corrected chi connectivity index (χ1v) is 21.6. The second kappa shape index (κ2) is 14.2. The molecule has 3 aromatic rings. The van der Waals surface area contributed by atoms with Gasteiger partial charge in [0.25, 0.3) is 0 Å². The Labute approximate surface area is 355 Å². The Morgan fingerprint density at radius 2 is 1.77 bits per heavy atom. The van der Waals surface area contributed by atoms with Crippen LogP contribution >= 0.6 is 0 Å². The highest BCUT2D eigenvalue weighted by Crippen LogP contribution is 2.68. The first-order valence-electron chi connectivity index (χ1n) is 21.6. The molecular weight excluding hydrogens is 787 g/mol. The van der Waals surface area contributed by atoms with E-state index in [2.05, 4.69) is 20.9 Å². The van der Waals surface area contributed by atoms with E-state index in [0.29, 0.717) is 68.1 Å². The summed E-state index contributed by atoms with van der Waals surface area (Å²) in [6.45, 7) is 8.82. The second-order valence-corrected chi connectivity index (χ2v) is 18.8. The fourth-order valence-electron chi connectivity index (χ4n) is 13.6. The zero-order valence-electron chi connectivity index (χ0n) is 36.4. The third-order valence-electron chi connectivity index (χ3n) is 15.8. The number of anilines is 1. The average Bonchev–Trinajstić information content (AvgIpc) is 3.89. The van der Waals surface area contributed by atoms with Crippen molar-refractivity contribution in [2.75, 3.05) is 66.0 Å². The summed E-state index contributed by atoms with van der Waals surface area (Å²) >= 11 is 0. The molecule has 3 fully saturated rings. The van der Waals surface area contributed by atoms with Gasteiger partial charge >= 0.3 is 17.9 Å². The first-order chi connectivity index (χ1) is 29.0. The van der Waals surface area contributed by atoms with Crippen LogP contribution in [0.25, 0.3) is 10.9 Å². The molecule has 61 heavy (non-hydrogen) atoms. The molecule has 9 rings (SSSR count). The molecule has 6 aliphatic rings. The number of benzene rings is 2. The molecule has 1 aromatic heterocycles. The number of fused-ring (bicyclic) bond motifs is 6. The van der Waals surface area contributed by atoms with Crippen molar-refractivity contribution in [2.45, 2.75) is 100 Å². The van der Waals surface area contributed by atoms with Crippen molar-refractivity contribution in [3.63, 3.8) is 0 Å². The molecule has 2 bridgehead atoms. The smallest absolute Gasteiger partial charge is 0.344 e. The van der Waals surface area contributed by atoms with Gasteiger partial charge in [0.1, 0.15) is 11.2 Å². The van der Waals surface area contributed by atoms with Crippen molar-refractivity contribution in [1.82, 2.24) is 14.8 Å². The second-order valence-electron chi connectivity index (χ2n) is 18.8. The molecule has 0 radical (unpaired) electrons. The maximum absolute atomic E-state index is 15.4. The molecule has 5 aliphatic heterocycles. The topological polar surface area (TPSA) is 134 Å². The summed E-state index contributed by atoms with van der Waals surface area (Å²) in [5.74, 6) is -5.91. The number of H-pyrrole nitrogens is 1. The lowest BCUT2D eigenvalue weighted by atomic mass is 9.47. The standard InChI is InChI=1S/C47H58F2N4O8/c1-9-44-14-10-16-53-18-15-45(38(44)53)32-21-33(36(58-6)22-35(32)51(5)39(45)47(57,42(56)60-8)40(44)61-27(3)54)46(41(55)59-7)23-28-20-29(43(4,48)49)25-52(24-28)17-13-30-31-19-26(2)11-12-34(31)50-37(30)46/h10-12,14,19,21-22,28-29,38-40,50,57H,9,13,15-18,20,23-25H2,1-8H3/t28?,29?,38?,39?,40-,44-,45?,46-,47+/m0/s1. The molecule has 1 saturated carbocycles. The van der Waals surface area contributed by atoms with E-state index in [0.717, 1.165) is 34.5 Å². The summed E-state index contributed by atoms with van der Waals surface area (Å²) in [4.78, 5) is 52.9. The van der Waals surface area contributed by atoms with Gasteiger partial charge in [-0.15, -0.1) is 0 Å². The van der Waals surface area contributed by atoms with Crippen molar-refractivity contribution in [3.05, 3.63) is 70.4 Å². The maximum Gasteiger partial charge on any atom is 0.344 e. The highest BCUT2D eigenvalue weighted by atomic mass is 19.3. The van der Waals surface area contributed by atoms with Crippen LogP contribution in [0.15, 0.2) is 42.5 Å². The van der Waals surface area contributed by atoms with Crippen LogP contribution in [0.1, 0.15) is 74.4 Å². The van der Waals surface area contributed by atoms with Gasteiger partial charge in [-0.25, -0.2) is 13.6 Å². The number of nitrogens with one attached hydrogen (secondary N) is 1. The molecule has 328 valence electrons. The van der Waals surface area contributed by atoms with Crippen LogP contribution in [0.3, 0.4) is 0 Å². The van der Waals surface area contributed by atoms with Crippen LogP contribution in [0.4, 0.5) is 14.5 Å². The molecule has 2 aromatic carbocycles. The summed E-state index contributed by atoms with van der Waals surface area (Å²) < 4.78 is 54.6. The Kier molecular flexibility index (Phi) is 9.77.